The van der Waals surface area contributed by atoms with Crippen molar-refractivity contribution in [2.75, 3.05) is 31.6 Å². The third kappa shape index (κ3) is 4.84. The quantitative estimate of drug-likeness (QED) is 0.324. The van der Waals surface area contributed by atoms with E-state index in [1.165, 1.54) is 39.6 Å². The normalized spacial score (nSPS) is 14.4. The maximum atomic E-state index is 13.2. The number of fused-ring (bicyclic) bond motifs is 1. The summed E-state index contributed by atoms with van der Waals surface area (Å²) in [6.07, 6.45) is 3.03. The first-order valence-electron chi connectivity index (χ1n) is 12.3. The molecule has 4 heterocycles. The van der Waals surface area contributed by atoms with Gasteiger partial charge in [-0.1, -0.05) is 17.7 Å². The third-order valence-corrected chi connectivity index (χ3v) is 8.54. The molecule has 1 N–H and O–H groups in total. The number of benzene rings is 2. The van der Waals surface area contributed by atoms with Crippen molar-refractivity contribution in [3.63, 3.8) is 0 Å². The maximum Gasteiger partial charge on any atom is 0.256 e. The van der Waals surface area contributed by atoms with Gasteiger partial charge < -0.3 is 10.1 Å². The van der Waals surface area contributed by atoms with Crippen LogP contribution in [0, 0.1) is 6.92 Å². The van der Waals surface area contributed by atoms with E-state index in [2.05, 4.69) is 25.5 Å². The van der Waals surface area contributed by atoms with Gasteiger partial charge in [0, 0.05) is 29.7 Å². The molecule has 1 amide bonds. The van der Waals surface area contributed by atoms with Crippen LogP contribution in [-0.4, -0.2) is 74.5 Å². The Morgan fingerprint density at radius 3 is 2.55 bits per heavy atom. The van der Waals surface area contributed by atoms with Crippen molar-refractivity contribution in [3.8, 4) is 11.5 Å². The van der Waals surface area contributed by atoms with Crippen molar-refractivity contribution < 1.29 is 17.9 Å². The highest BCUT2D eigenvalue weighted by Gasteiger charge is 2.26. The minimum Gasteiger partial charge on any atom is -0.379 e. The lowest BCUT2D eigenvalue weighted by atomic mass is 10.2. The molecule has 0 atom stereocenters. The zero-order chi connectivity index (χ0) is 27.9. The first-order chi connectivity index (χ1) is 19.3. The number of sulfonamides is 1. The summed E-state index contributed by atoms with van der Waals surface area (Å²) in [5.74, 6) is 0.369. The van der Waals surface area contributed by atoms with Crippen LogP contribution in [0.1, 0.15) is 16.1 Å². The Bertz CT molecular complexity index is 1830. The number of carbonyl (C=O) groups is 1. The Morgan fingerprint density at radius 2 is 1.80 bits per heavy atom. The summed E-state index contributed by atoms with van der Waals surface area (Å²) in [6, 6.07) is 14.8. The Morgan fingerprint density at radius 1 is 1.02 bits per heavy atom. The van der Waals surface area contributed by atoms with Crippen LogP contribution in [0.15, 0.2) is 72.0 Å². The first kappa shape index (κ1) is 26.1. The van der Waals surface area contributed by atoms with Crippen LogP contribution in [-0.2, 0) is 14.8 Å². The molecule has 1 aliphatic heterocycles. The van der Waals surface area contributed by atoms with Crippen molar-refractivity contribution in [2.45, 2.75) is 11.8 Å². The fraction of sp³-hybridized carbons (Fsp3) is 0.192. The highest BCUT2D eigenvalue weighted by Crippen LogP contribution is 2.25. The molecule has 0 aliphatic carbocycles. The second-order valence-corrected chi connectivity index (χ2v) is 11.4. The van der Waals surface area contributed by atoms with E-state index in [-0.39, 0.29) is 10.5 Å². The Labute approximate surface area is 234 Å². The number of amides is 1. The Balaban J connectivity index is 1.28. The van der Waals surface area contributed by atoms with Gasteiger partial charge in [0.15, 0.2) is 11.5 Å². The van der Waals surface area contributed by atoms with Gasteiger partial charge in [-0.05, 0) is 49.4 Å². The van der Waals surface area contributed by atoms with Gasteiger partial charge in [-0.3, -0.25) is 4.79 Å². The number of nitrogens with one attached hydrogen (secondary N) is 1. The number of nitrogens with zero attached hydrogens (tertiary/aromatic N) is 7. The Hall–Kier alpha value is -4.17. The molecule has 0 spiro atoms. The molecule has 0 radical (unpaired) electrons. The number of anilines is 1. The largest absolute Gasteiger partial charge is 0.379 e. The van der Waals surface area contributed by atoms with Gasteiger partial charge in [0.1, 0.15) is 12.1 Å². The summed E-state index contributed by atoms with van der Waals surface area (Å²) in [7, 11) is -3.67. The molecule has 0 bridgehead atoms. The fourth-order valence-electron chi connectivity index (χ4n) is 4.45. The predicted molar refractivity (Wildman–Crippen MR) is 148 cm³/mol. The highest BCUT2D eigenvalue weighted by molar-refractivity contribution is 7.89. The van der Waals surface area contributed by atoms with E-state index < -0.39 is 15.9 Å². The van der Waals surface area contributed by atoms with Crippen molar-refractivity contribution in [2.24, 2.45) is 0 Å². The van der Waals surface area contributed by atoms with Crippen LogP contribution in [0.25, 0.3) is 22.5 Å². The summed E-state index contributed by atoms with van der Waals surface area (Å²) in [6.45, 7) is 3.09. The van der Waals surface area contributed by atoms with Crippen LogP contribution in [0.5, 0.6) is 0 Å². The monoisotopic (exact) mass is 578 g/mol. The van der Waals surface area contributed by atoms with Crippen molar-refractivity contribution in [1.82, 2.24) is 33.8 Å². The number of halogens is 1. The van der Waals surface area contributed by atoms with Gasteiger partial charge in [-0.25, -0.2) is 23.1 Å². The lowest BCUT2D eigenvalue weighted by Crippen LogP contribution is -2.40. The summed E-state index contributed by atoms with van der Waals surface area (Å²) in [4.78, 5) is 22.1. The molecule has 0 unspecified atom stereocenters. The van der Waals surface area contributed by atoms with Gasteiger partial charge in [0.2, 0.25) is 10.0 Å². The van der Waals surface area contributed by atoms with Crippen LogP contribution < -0.4 is 5.32 Å². The fourth-order valence-corrected chi connectivity index (χ4v) is 6.04. The smallest absolute Gasteiger partial charge is 0.256 e. The molecule has 12 nitrogen and oxygen atoms in total. The molecule has 204 valence electrons. The zero-order valence-corrected chi connectivity index (χ0v) is 22.8. The van der Waals surface area contributed by atoms with Crippen LogP contribution in [0.3, 0.4) is 0 Å². The standard InChI is InChI=1S/C26H23ClN8O4S/c1-17-13-23(31-26(36)18-5-7-21(8-6-18)40(37,38)33-9-11-39-12-10-33)35(32-17)25-22-15-30-34(24(22)28-16-29-25)20-4-2-3-19(27)14-20/h2-8,13-16H,9-12H2,1H3,(H,31,36). The van der Waals surface area contributed by atoms with E-state index >= 15 is 0 Å². The molecule has 6 rings (SSSR count). The SMILES string of the molecule is Cc1cc(NC(=O)c2ccc(S(=O)(=O)N3CCOCC3)cc2)n(-c2ncnc3c2cnn3-c2cccc(Cl)c2)n1. The van der Waals surface area contributed by atoms with E-state index in [1.807, 2.05) is 12.1 Å². The van der Waals surface area contributed by atoms with Gasteiger partial charge in [0.05, 0.1) is 41.1 Å². The Kier molecular flexibility index (Phi) is 6.80. The number of aryl methyl sites for hydroxylation is 1. The van der Waals surface area contributed by atoms with Crippen LogP contribution >= 0.6 is 11.6 Å². The summed E-state index contributed by atoms with van der Waals surface area (Å²) >= 11 is 6.16. The predicted octanol–water partition coefficient (Wildman–Crippen LogP) is 3.24. The minimum atomic E-state index is -3.67. The number of rotatable bonds is 6. The van der Waals surface area contributed by atoms with E-state index in [9.17, 15) is 13.2 Å². The van der Waals surface area contributed by atoms with Gasteiger partial charge >= 0.3 is 0 Å². The van der Waals surface area contributed by atoms with Gasteiger partial charge in [0.25, 0.3) is 5.91 Å². The third-order valence-electron chi connectivity index (χ3n) is 6.40. The van der Waals surface area contributed by atoms with E-state index in [4.69, 9.17) is 16.3 Å². The average molecular weight is 579 g/mol. The van der Waals surface area contributed by atoms with E-state index in [0.717, 1.165) is 5.69 Å². The summed E-state index contributed by atoms with van der Waals surface area (Å²) in [5.41, 5.74) is 2.20. The molecular formula is C26H23ClN8O4S. The molecule has 1 saturated heterocycles. The van der Waals surface area contributed by atoms with Crippen molar-refractivity contribution in [3.05, 3.63) is 83.4 Å². The van der Waals surface area contributed by atoms with Crippen LogP contribution in [0.4, 0.5) is 5.82 Å². The number of hydrogen-bond donors (Lipinski definition) is 1. The number of carbonyl (C=O) groups excluding carboxylic acids is 1. The molecule has 0 saturated carbocycles. The number of aromatic nitrogens is 6. The molecule has 40 heavy (non-hydrogen) atoms. The van der Waals surface area contributed by atoms with E-state index in [0.29, 0.717) is 59.7 Å². The minimum absolute atomic E-state index is 0.118. The van der Waals surface area contributed by atoms with Crippen molar-refractivity contribution in [1.29, 1.82) is 0 Å². The molecule has 5 aromatic rings. The molecular weight excluding hydrogens is 556 g/mol. The highest BCUT2D eigenvalue weighted by atomic mass is 35.5. The molecule has 1 fully saturated rings. The molecule has 3 aromatic heterocycles. The number of morpholine rings is 1. The maximum absolute atomic E-state index is 13.2. The zero-order valence-electron chi connectivity index (χ0n) is 21.2. The number of hydrogen-bond acceptors (Lipinski definition) is 8. The topological polar surface area (TPSA) is 137 Å². The first-order valence-corrected chi connectivity index (χ1v) is 14.1. The van der Waals surface area contributed by atoms with Crippen molar-refractivity contribution >= 4 is 44.4 Å². The van der Waals surface area contributed by atoms with Gasteiger partial charge in [-0.15, -0.1) is 0 Å². The molecule has 14 heteroatoms. The second-order valence-electron chi connectivity index (χ2n) is 9.05. The summed E-state index contributed by atoms with van der Waals surface area (Å²) in [5, 5.41) is 13.0. The second kappa shape index (κ2) is 10.4. The summed E-state index contributed by atoms with van der Waals surface area (Å²) < 4.78 is 35.6. The lowest BCUT2D eigenvalue weighted by molar-refractivity contribution is 0.0730. The molecule has 2 aromatic carbocycles. The number of ether oxygens (including phenoxy) is 1. The van der Waals surface area contributed by atoms with Gasteiger partial charge in [-0.2, -0.15) is 19.2 Å². The average Bonchev–Trinajstić information content (AvgIpc) is 3.56. The lowest BCUT2D eigenvalue weighted by Gasteiger charge is -2.26. The van der Waals surface area contributed by atoms with E-state index in [1.54, 1.807) is 36.0 Å². The van der Waals surface area contributed by atoms with Crippen LogP contribution in [0.2, 0.25) is 5.02 Å². The molecule has 1 aliphatic rings.